The van der Waals surface area contributed by atoms with Gasteiger partial charge in [0.15, 0.2) is 11.5 Å². The molecule has 0 aromatic heterocycles. The smallest absolute Gasteiger partial charge is 0.161 e. The number of methoxy groups -OCH3 is 1. The van der Waals surface area contributed by atoms with Crippen LogP contribution in [0.5, 0.6) is 11.5 Å². The van der Waals surface area contributed by atoms with Crippen molar-refractivity contribution in [2.75, 3.05) is 47.1 Å². The molecule has 0 radical (unpaired) electrons. The second kappa shape index (κ2) is 7.73. The Labute approximate surface area is 157 Å². The summed E-state index contributed by atoms with van der Waals surface area (Å²) in [5.41, 5.74) is 2.98. The molecular weight excluding hydrogens is 331 g/mol. The van der Waals surface area contributed by atoms with E-state index < -0.39 is 6.67 Å². The molecule has 2 heterocycles. The highest BCUT2D eigenvalue weighted by molar-refractivity contribution is 5.49. The third-order valence-corrected chi connectivity index (χ3v) is 5.61. The highest BCUT2D eigenvalue weighted by Gasteiger charge is 2.37. The van der Waals surface area contributed by atoms with Crippen LogP contribution < -0.4 is 9.47 Å². The van der Waals surface area contributed by atoms with Crippen LogP contribution in [0.1, 0.15) is 44.4 Å². The zero-order valence-corrected chi connectivity index (χ0v) is 16.8. The number of rotatable bonds is 5. The summed E-state index contributed by atoms with van der Waals surface area (Å²) < 4.78 is 23.6. The van der Waals surface area contributed by atoms with Gasteiger partial charge in [-0.1, -0.05) is 20.8 Å². The average Bonchev–Trinajstić information content (AvgIpc) is 2.58. The van der Waals surface area contributed by atoms with Crippen molar-refractivity contribution in [2.24, 2.45) is 5.41 Å². The van der Waals surface area contributed by atoms with Gasteiger partial charge in [0.05, 0.1) is 7.11 Å². The lowest BCUT2D eigenvalue weighted by molar-refractivity contribution is 0.0213. The van der Waals surface area contributed by atoms with E-state index in [-0.39, 0.29) is 6.61 Å². The van der Waals surface area contributed by atoms with Crippen molar-refractivity contribution in [3.8, 4) is 11.5 Å². The number of hydrogen-bond acceptors (Lipinski definition) is 4. The summed E-state index contributed by atoms with van der Waals surface area (Å²) in [4.78, 5) is 5.14. The fourth-order valence-electron chi connectivity index (χ4n) is 4.37. The quantitative estimate of drug-likeness (QED) is 0.795. The van der Waals surface area contributed by atoms with Crippen LogP contribution in [0.2, 0.25) is 0 Å². The molecule has 2 aliphatic rings. The van der Waals surface area contributed by atoms with Crippen molar-refractivity contribution >= 4 is 0 Å². The molecule has 1 saturated heterocycles. The third kappa shape index (κ3) is 4.15. The van der Waals surface area contributed by atoms with Crippen molar-refractivity contribution in [3.05, 3.63) is 23.3 Å². The third-order valence-electron chi connectivity index (χ3n) is 5.61. The van der Waals surface area contributed by atoms with Gasteiger partial charge in [-0.2, -0.15) is 0 Å². The van der Waals surface area contributed by atoms with Crippen LogP contribution in [-0.2, 0) is 6.42 Å². The van der Waals surface area contributed by atoms with Crippen molar-refractivity contribution in [3.63, 3.8) is 0 Å². The number of benzene rings is 1. The molecule has 0 N–H and O–H groups in total. The zero-order chi connectivity index (χ0) is 18.9. The van der Waals surface area contributed by atoms with Crippen LogP contribution in [0, 0.1) is 5.41 Å². The van der Waals surface area contributed by atoms with E-state index in [9.17, 15) is 4.39 Å². The van der Waals surface area contributed by atoms with Crippen LogP contribution in [0.3, 0.4) is 0 Å². The molecule has 4 nitrogen and oxygen atoms in total. The molecule has 3 rings (SSSR count). The van der Waals surface area contributed by atoms with Gasteiger partial charge >= 0.3 is 0 Å². The maximum absolute atomic E-state index is 12.5. The fraction of sp³-hybridized carbons (Fsp3) is 0.714. The largest absolute Gasteiger partial charge is 0.493 e. The molecule has 26 heavy (non-hydrogen) atoms. The van der Waals surface area contributed by atoms with Crippen LogP contribution in [0.4, 0.5) is 4.39 Å². The SMILES string of the molecule is COc1cc2c(cc1OCCF)CCN1C[C@@H](CC(C)(C)C)N(C)C[C@H]21. The standard InChI is InChI=1S/C21H33FN2O2/c1-21(2,3)12-16-13-24-8-6-15-10-20(26-9-7-22)19(25-5)11-17(15)18(24)14-23(16)4/h10-11,16,18H,6-9,12-14H2,1-5H3/t16-,18-/m1/s1. The minimum Gasteiger partial charge on any atom is -0.493 e. The van der Waals surface area contributed by atoms with Crippen LogP contribution >= 0.6 is 0 Å². The van der Waals surface area contributed by atoms with Crippen molar-refractivity contribution < 1.29 is 13.9 Å². The summed E-state index contributed by atoms with van der Waals surface area (Å²) >= 11 is 0. The number of halogens is 1. The van der Waals surface area contributed by atoms with E-state index in [2.05, 4.69) is 49.8 Å². The number of ether oxygens (including phenoxy) is 2. The first-order valence-corrected chi connectivity index (χ1v) is 9.66. The minimum absolute atomic E-state index is 0.0714. The Morgan fingerprint density at radius 3 is 2.62 bits per heavy atom. The monoisotopic (exact) mass is 364 g/mol. The summed E-state index contributed by atoms with van der Waals surface area (Å²) in [5.74, 6) is 1.37. The lowest BCUT2D eigenvalue weighted by Crippen LogP contribution is -2.55. The molecule has 2 aliphatic heterocycles. The van der Waals surface area contributed by atoms with Gasteiger partial charge in [-0.15, -0.1) is 0 Å². The van der Waals surface area contributed by atoms with E-state index in [4.69, 9.17) is 9.47 Å². The predicted molar refractivity (Wildman–Crippen MR) is 103 cm³/mol. The number of likely N-dealkylation sites (N-methyl/N-ethyl adjacent to an activating group) is 1. The summed E-state index contributed by atoms with van der Waals surface area (Å²) in [6.07, 6.45) is 2.21. The first-order valence-electron chi connectivity index (χ1n) is 9.66. The van der Waals surface area contributed by atoms with Crippen molar-refractivity contribution in [2.45, 2.75) is 45.7 Å². The van der Waals surface area contributed by atoms with Crippen molar-refractivity contribution in [1.82, 2.24) is 9.80 Å². The topological polar surface area (TPSA) is 24.9 Å². The van der Waals surface area contributed by atoms with Gasteiger partial charge in [0.1, 0.15) is 13.3 Å². The second-order valence-electron chi connectivity index (χ2n) is 8.86. The number of fused-ring (bicyclic) bond motifs is 3. The van der Waals surface area contributed by atoms with Crippen LogP contribution in [0.15, 0.2) is 12.1 Å². The lowest BCUT2D eigenvalue weighted by atomic mass is 9.84. The average molecular weight is 365 g/mol. The Morgan fingerprint density at radius 1 is 1.19 bits per heavy atom. The van der Waals surface area contributed by atoms with Gasteiger partial charge in [-0.05, 0) is 48.6 Å². The molecule has 1 fully saturated rings. The number of alkyl halides is 1. The first-order chi connectivity index (χ1) is 12.3. The molecule has 1 aromatic rings. The highest BCUT2D eigenvalue weighted by Crippen LogP contribution is 2.41. The van der Waals surface area contributed by atoms with Gasteiger partial charge in [-0.25, -0.2) is 4.39 Å². The highest BCUT2D eigenvalue weighted by atomic mass is 19.1. The summed E-state index contributed by atoms with van der Waals surface area (Å²) in [6.45, 7) is 9.76. The fourth-order valence-corrected chi connectivity index (χ4v) is 4.37. The Kier molecular flexibility index (Phi) is 5.78. The maximum Gasteiger partial charge on any atom is 0.161 e. The van der Waals surface area contributed by atoms with Gasteiger partial charge < -0.3 is 14.4 Å². The second-order valence-corrected chi connectivity index (χ2v) is 8.86. The molecule has 0 amide bonds. The molecule has 146 valence electrons. The van der Waals surface area contributed by atoms with Gasteiger partial charge in [0, 0.05) is 31.7 Å². The van der Waals surface area contributed by atoms with E-state index in [1.807, 2.05) is 0 Å². The molecule has 5 heteroatoms. The number of nitrogens with zero attached hydrogens (tertiary/aromatic N) is 2. The lowest BCUT2D eigenvalue weighted by Gasteiger charge is -2.49. The normalized spacial score (nSPS) is 24.1. The Morgan fingerprint density at radius 2 is 1.96 bits per heavy atom. The van der Waals surface area contributed by atoms with Gasteiger partial charge in [0.25, 0.3) is 0 Å². The first kappa shape index (κ1) is 19.4. The van der Waals surface area contributed by atoms with Gasteiger partial charge in [0.2, 0.25) is 0 Å². The van der Waals surface area contributed by atoms with Crippen molar-refractivity contribution in [1.29, 1.82) is 0 Å². The van der Waals surface area contributed by atoms with E-state index in [0.29, 0.717) is 29.0 Å². The number of piperazine rings is 1. The van der Waals surface area contributed by atoms with E-state index in [1.54, 1.807) is 7.11 Å². The minimum atomic E-state index is -0.489. The molecule has 2 atom stereocenters. The molecule has 0 unspecified atom stereocenters. The zero-order valence-electron chi connectivity index (χ0n) is 16.8. The molecule has 0 spiro atoms. The summed E-state index contributed by atoms with van der Waals surface area (Å²) in [5, 5.41) is 0. The predicted octanol–water partition coefficient (Wildman–Crippen LogP) is 3.69. The Hall–Kier alpha value is -1.33. The van der Waals surface area contributed by atoms with Crippen LogP contribution in [-0.4, -0.2) is 62.9 Å². The molecule has 1 aromatic carbocycles. The van der Waals surface area contributed by atoms with Gasteiger partial charge in [-0.3, -0.25) is 4.90 Å². The summed E-state index contributed by atoms with van der Waals surface area (Å²) in [6, 6.07) is 5.16. The molecule has 0 aliphatic carbocycles. The van der Waals surface area contributed by atoms with E-state index >= 15 is 0 Å². The summed E-state index contributed by atoms with van der Waals surface area (Å²) in [7, 11) is 3.90. The Balaban J connectivity index is 1.83. The van der Waals surface area contributed by atoms with Crippen LogP contribution in [0.25, 0.3) is 0 Å². The van der Waals surface area contributed by atoms with E-state index in [0.717, 1.165) is 26.1 Å². The maximum atomic E-state index is 12.5. The Bertz CT molecular complexity index is 629. The molecule has 0 bridgehead atoms. The van der Waals surface area contributed by atoms with E-state index in [1.165, 1.54) is 17.5 Å². The molecular formula is C21H33FN2O2. The molecule has 0 saturated carbocycles. The number of hydrogen-bond donors (Lipinski definition) is 0.